The van der Waals surface area contributed by atoms with Gasteiger partial charge in [-0.3, -0.25) is 9.69 Å². The molecular weight excluding hydrogens is 493 g/mol. The van der Waals surface area contributed by atoms with E-state index in [1.54, 1.807) is 24.3 Å². The van der Waals surface area contributed by atoms with Crippen molar-refractivity contribution >= 4 is 23.5 Å². The van der Waals surface area contributed by atoms with Crippen molar-refractivity contribution in [2.45, 2.75) is 17.1 Å². The molecule has 2 aromatic rings. The van der Waals surface area contributed by atoms with Crippen molar-refractivity contribution in [2.75, 3.05) is 77.5 Å². The molecule has 3 heterocycles. The maximum Gasteiger partial charge on any atom is 0.433 e. The van der Waals surface area contributed by atoms with Gasteiger partial charge in [0.1, 0.15) is 5.82 Å². The number of hydrogen-bond acceptors (Lipinski definition) is 8. The average molecular weight is 525 g/mol. The Morgan fingerprint density at radius 3 is 2.42 bits per heavy atom. The standard InChI is InChI=1S/C24H31F3N6O2S/c1-31-8-10-33(11-9-31)21-16-20(24(25,26)27)29-23(30-21)36-17-18-2-4-19(5-3-18)22(34)28-6-7-32-12-14-35-15-13-32/h2-5,16H,6-15,17H2,1H3,(H,28,34). The van der Waals surface area contributed by atoms with E-state index in [1.807, 2.05) is 11.9 Å². The molecule has 0 unspecified atom stereocenters. The van der Waals surface area contributed by atoms with Gasteiger partial charge in [0.15, 0.2) is 10.9 Å². The van der Waals surface area contributed by atoms with Crippen molar-refractivity contribution in [3.05, 3.63) is 47.2 Å². The number of nitrogens with zero attached hydrogens (tertiary/aromatic N) is 5. The smallest absolute Gasteiger partial charge is 0.379 e. The molecule has 0 aliphatic carbocycles. The second-order valence-corrected chi connectivity index (χ2v) is 9.82. The first-order valence-electron chi connectivity index (χ1n) is 12.0. The monoisotopic (exact) mass is 524 g/mol. The van der Waals surface area contributed by atoms with E-state index in [0.717, 1.165) is 69.3 Å². The first-order chi connectivity index (χ1) is 17.3. The van der Waals surface area contributed by atoms with E-state index in [9.17, 15) is 18.0 Å². The largest absolute Gasteiger partial charge is 0.433 e. The van der Waals surface area contributed by atoms with Gasteiger partial charge >= 0.3 is 6.18 Å². The molecule has 196 valence electrons. The predicted molar refractivity (Wildman–Crippen MR) is 132 cm³/mol. The van der Waals surface area contributed by atoms with Crippen LogP contribution >= 0.6 is 11.8 Å². The highest BCUT2D eigenvalue weighted by Gasteiger charge is 2.34. The van der Waals surface area contributed by atoms with E-state index in [2.05, 4.69) is 25.1 Å². The third-order valence-electron chi connectivity index (χ3n) is 6.21. The summed E-state index contributed by atoms with van der Waals surface area (Å²) in [6.07, 6.45) is -4.55. The van der Waals surface area contributed by atoms with Crippen molar-refractivity contribution < 1.29 is 22.7 Å². The van der Waals surface area contributed by atoms with Gasteiger partial charge in [0.25, 0.3) is 5.91 Å². The van der Waals surface area contributed by atoms with Crippen LogP contribution in [0.2, 0.25) is 0 Å². The third-order valence-corrected chi connectivity index (χ3v) is 7.13. The second-order valence-electron chi connectivity index (χ2n) is 8.88. The van der Waals surface area contributed by atoms with Gasteiger partial charge in [-0.2, -0.15) is 13.2 Å². The summed E-state index contributed by atoms with van der Waals surface area (Å²) in [5.74, 6) is 0.542. The van der Waals surface area contributed by atoms with Gasteiger partial charge in [-0.05, 0) is 24.7 Å². The number of likely N-dealkylation sites (N-methyl/N-ethyl adjacent to an activating group) is 1. The zero-order valence-electron chi connectivity index (χ0n) is 20.3. The number of thioether (sulfide) groups is 1. The van der Waals surface area contributed by atoms with Crippen LogP contribution in [0.1, 0.15) is 21.6 Å². The average Bonchev–Trinajstić information content (AvgIpc) is 2.88. The Labute approximate surface area is 213 Å². The summed E-state index contributed by atoms with van der Waals surface area (Å²) >= 11 is 1.15. The normalized spacial score (nSPS) is 17.8. The fraction of sp³-hybridized carbons (Fsp3) is 0.542. The number of carbonyl (C=O) groups excluding carboxylic acids is 1. The molecule has 1 N–H and O–H groups in total. The van der Waals surface area contributed by atoms with Gasteiger partial charge in [-0.15, -0.1) is 0 Å². The number of aromatic nitrogens is 2. The molecule has 0 bridgehead atoms. The molecule has 2 saturated heterocycles. The summed E-state index contributed by atoms with van der Waals surface area (Å²) in [5, 5.41) is 3.01. The number of carbonyl (C=O) groups is 1. The maximum atomic E-state index is 13.5. The molecule has 0 radical (unpaired) electrons. The molecule has 2 fully saturated rings. The topological polar surface area (TPSA) is 73.8 Å². The minimum atomic E-state index is -4.55. The fourth-order valence-electron chi connectivity index (χ4n) is 3.97. The SMILES string of the molecule is CN1CCN(c2cc(C(F)(F)F)nc(SCc3ccc(C(=O)NCCN4CCOCC4)cc3)n2)CC1. The first kappa shape index (κ1) is 26.6. The Kier molecular flexibility index (Phi) is 9.04. The second kappa shape index (κ2) is 12.2. The van der Waals surface area contributed by atoms with Crippen LogP contribution in [-0.2, 0) is 16.7 Å². The lowest BCUT2D eigenvalue weighted by Gasteiger charge is -2.33. The highest BCUT2D eigenvalue weighted by Crippen LogP contribution is 2.32. The summed E-state index contributed by atoms with van der Waals surface area (Å²) in [7, 11) is 1.99. The highest BCUT2D eigenvalue weighted by atomic mass is 32.2. The minimum Gasteiger partial charge on any atom is -0.379 e. The molecule has 0 atom stereocenters. The van der Waals surface area contributed by atoms with Gasteiger partial charge in [0.2, 0.25) is 0 Å². The van der Waals surface area contributed by atoms with Crippen LogP contribution in [-0.4, -0.2) is 98.3 Å². The zero-order valence-corrected chi connectivity index (χ0v) is 21.1. The number of anilines is 1. The Hall–Kier alpha value is -2.41. The number of ether oxygens (including phenoxy) is 1. The summed E-state index contributed by atoms with van der Waals surface area (Å²) in [6.45, 7) is 7.27. The summed E-state index contributed by atoms with van der Waals surface area (Å²) < 4.78 is 45.8. The van der Waals surface area contributed by atoms with Crippen molar-refractivity contribution in [3.63, 3.8) is 0 Å². The number of benzene rings is 1. The molecule has 12 heteroatoms. The fourth-order valence-corrected chi connectivity index (χ4v) is 4.78. The predicted octanol–water partition coefficient (Wildman–Crippen LogP) is 2.60. The molecule has 4 rings (SSSR count). The van der Waals surface area contributed by atoms with Crippen molar-refractivity contribution in [1.82, 2.24) is 25.1 Å². The third kappa shape index (κ3) is 7.55. The zero-order chi connectivity index (χ0) is 25.5. The van der Waals surface area contributed by atoms with Gasteiger partial charge in [-0.1, -0.05) is 23.9 Å². The number of nitrogens with one attached hydrogen (secondary N) is 1. The van der Waals surface area contributed by atoms with E-state index in [1.165, 1.54) is 0 Å². The van der Waals surface area contributed by atoms with Gasteiger partial charge < -0.3 is 19.9 Å². The van der Waals surface area contributed by atoms with Gasteiger partial charge in [0.05, 0.1) is 13.2 Å². The van der Waals surface area contributed by atoms with Crippen LogP contribution in [0.25, 0.3) is 0 Å². The van der Waals surface area contributed by atoms with Crippen LogP contribution in [0.15, 0.2) is 35.5 Å². The highest BCUT2D eigenvalue weighted by molar-refractivity contribution is 7.98. The molecule has 2 aliphatic rings. The number of rotatable bonds is 8. The molecule has 2 aliphatic heterocycles. The Balaban J connectivity index is 1.33. The van der Waals surface area contributed by atoms with Crippen LogP contribution in [0.5, 0.6) is 0 Å². The molecule has 36 heavy (non-hydrogen) atoms. The van der Waals surface area contributed by atoms with Crippen LogP contribution < -0.4 is 10.2 Å². The number of alkyl halides is 3. The summed E-state index contributed by atoms with van der Waals surface area (Å²) in [6, 6.07) is 8.09. The Morgan fingerprint density at radius 1 is 1.06 bits per heavy atom. The number of amides is 1. The molecule has 8 nitrogen and oxygen atoms in total. The molecule has 0 spiro atoms. The lowest BCUT2D eigenvalue weighted by molar-refractivity contribution is -0.141. The van der Waals surface area contributed by atoms with E-state index in [0.29, 0.717) is 36.8 Å². The molecule has 1 amide bonds. The summed E-state index contributed by atoms with van der Waals surface area (Å²) in [5.41, 5.74) is 0.475. The number of piperazine rings is 1. The van der Waals surface area contributed by atoms with Crippen molar-refractivity contribution in [1.29, 1.82) is 0 Å². The minimum absolute atomic E-state index is 0.0867. The lowest BCUT2D eigenvalue weighted by Crippen LogP contribution is -2.45. The van der Waals surface area contributed by atoms with Gasteiger partial charge in [-0.25, -0.2) is 9.97 Å². The van der Waals surface area contributed by atoms with Crippen LogP contribution in [0.4, 0.5) is 19.0 Å². The molecule has 1 aromatic carbocycles. The number of halogens is 3. The molecule has 1 aromatic heterocycles. The van der Waals surface area contributed by atoms with Crippen molar-refractivity contribution in [3.8, 4) is 0 Å². The molecular formula is C24H31F3N6O2S. The van der Waals surface area contributed by atoms with E-state index in [-0.39, 0.29) is 11.1 Å². The quantitative estimate of drug-likeness (QED) is 0.418. The summed E-state index contributed by atoms with van der Waals surface area (Å²) in [4.78, 5) is 26.8. The van der Waals surface area contributed by atoms with Crippen molar-refractivity contribution in [2.24, 2.45) is 0 Å². The number of hydrogen-bond donors (Lipinski definition) is 1. The van der Waals surface area contributed by atoms with E-state index in [4.69, 9.17) is 4.74 Å². The van der Waals surface area contributed by atoms with E-state index >= 15 is 0 Å². The van der Waals surface area contributed by atoms with E-state index < -0.39 is 11.9 Å². The Morgan fingerprint density at radius 2 is 1.75 bits per heavy atom. The lowest BCUT2D eigenvalue weighted by atomic mass is 10.1. The number of morpholine rings is 1. The van der Waals surface area contributed by atoms with Gasteiger partial charge in [0, 0.05) is 69.7 Å². The molecule has 0 saturated carbocycles. The van der Waals surface area contributed by atoms with Crippen LogP contribution in [0.3, 0.4) is 0 Å². The maximum absolute atomic E-state index is 13.5. The Bertz CT molecular complexity index is 1010. The van der Waals surface area contributed by atoms with Crippen LogP contribution in [0, 0.1) is 0 Å². The first-order valence-corrected chi connectivity index (χ1v) is 13.0.